The molecule has 0 radical (unpaired) electrons. The molecule has 3 aliphatic rings. The van der Waals surface area contributed by atoms with Crippen LogP contribution in [0, 0.1) is 28.6 Å². The third kappa shape index (κ3) is 5.54. The summed E-state index contributed by atoms with van der Waals surface area (Å²) < 4.78 is 5.98. The molecule has 1 N–H and O–H groups in total. The van der Waals surface area contributed by atoms with E-state index in [0.717, 1.165) is 56.3 Å². The Labute approximate surface area is 192 Å². The van der Waals surface area contributed by atoms with Crippen LogP contribution >= 0.6 is 12.4 Å². The number of amides is 1. The third-order valence-corrected chi connectivity index (χ3v) is 7.22. The van der Waals surface area contributed by atoms with Crippen LogP contribution in [-0.4, -0.2) is 43.1 Å². The molecule has 31 heavy (non-hydrogen) atoms. The molecule has 1 aliphatic carbocycles. The highest BCUT2D eigenvalue weighted by atomic mass is 35.5. The summed E-state index contributed by atoms with van der Waals surface area (Å²) in [4.78, 5) is 14.8. The van der Waals surface area contributed by atoms with Gasteiger partial charge in [0.15, 0.2) is 0 Å². The molecule has 1 amide bonds. The molecule has 5 nitrogen and oxygen atoms in total. The SMILES string of the molecule is CC(C)(C)C(=O)NC1CCC(CCN2C[C@H]3COc4ccc(C#N)cc4[C@@H]3C2)CC1.Cl. The minimum Gasteiger partial charge on any atom is -0.493 e. The summed E-state index contributed by atoms with van der Waals surface area (Å²) in [7, 11) is 0. The molecule has 2 atom stereocenters. The number of nitriles is 1. The molecular formula is C25H36ClN3O2. The molecule has 1 aromatic carbocycles. The van der Waals surface area contributed by atoms with Crippen LogP contribution < -0.4 is 10.1 Å². The van der Waals surface area contributed by atoms with Gasteiger partial charge in [-0.1, -0.05) is 20.8 Å². The van der Waals surface area contributed by atoms with E-state index < -0.39 is 0 Å². The van der Waals surface area contributed by atoms with E-state index in [4.69, 9.17) is 4.74 Å². The largest absolute Gasteiger partial charge is 0.493 e. The second kappa shape index (κ2) is 9.79. The van der Waals surface area contributed by atoms with E-state index in [-0.39, 0.29) is 23.7 Å². The quantitative estimate of drug-likeness (QED) is 0.741. The van der Waals surface area contributed by atoms with Crippen LogP contribution in [0.2, 0.25) is 0 Å². The highest BCUT2D eigenvalue weighted by molar-refractivity contribution is 5.85. The predicted octanol–water partition coefficient (Wildman–Crippen LogP) is 4.50. The number of hydrogen-bond acceptors (Lipinski definition) is 4. The maximum atomic E-state index is 12.2. The van der Waals surface area contributed by atoms with Crippen LogP contribution in [0.25, 0.3) is 0 Å². The van der Waals surface area contributed by atoms with E-state index in [1.807, 2.05) is 39.0 Å². The monoisotopic (exact) mass is 445 g/mol. The maximum Gasteiger partial charge on any atom is 0.225 e. The number of nitrogens with one attached hydrogen (secondary N) is 1. The highest BCUT2D eigenvalue weighted by Gasteiger charge is 2.39. The fraction of sp³-hybridized carbons (Fsp3) is 0.680. The van der Waals surface area contributed by atoms with E-state index in [0.29, 0.717) is 17.9 Å². The maximum absolute atomic E-state index is 12.2. The molecule has 2 heterocycles. The molecule has 0 unspecified atom stereocenters. The molecule has 1 aromatic rings. The van der Waals surface area contributed by atoms with Crippen molar-refractivity contribution in [3.8, 4) is 11.8 Å². The summed E-state index contributed by atoms with van der Waals surface area (Å²) in [6, 6.07) is 8.46. The van der Waals surface area contributed by atoms with Gasteiger partial charge in [0.1, 0.15) is 5.75 Å². The van der Waals surface area contributed by atoms with Crippen LogP contribution in [0.1, 0.15) is 69.9 Å². The lowest BCUT2D eigenvalue weighted by atomic mass is 9.83. The Morgan fingerprint density at radius 1 is 1.23 bits per heavy atom. The number of ether oxygens (including phenoxy) is 1. The lowest BCUT2D eigenvalue weighted by Crippen LogP contribution is -2.43. The average molecular weight is 446 g/mol. The molecule has 6 heteroatoms. The van der Waals surface area contributed by atoms with Crippen LogP contribution in [-0.2, 0) is 4.79 Å². The van der Waals surface area contributed by atoms with E-state index in [1.54, 1.807) is 0 Å². The van der Waals surface area contributed by atoms with Gasteiger partial charge in [0.25, 0.3) is 0 Å². The zero-order chi connectivity index (χ0) is 21.3. The lowest BCUT2D eigenvalue weighted by Gasteiger charge is -2.32. The smallest absolute Gasteiger partial charge is 0.225 e. The first-order chi connectivity index (χ1) is 14.3. The van der Waals surface area contributed by atoms with Crippen molar-refractivity contribution in [3.63, 3.8) is 0 Å². The molecule has 1 saturated carbocycles. The highest BCUT2D eigenvalue weighted by Crippen LogP contribution is 2.42. The average Bonchev–Trinajstić information content (AvgIpc) is 3.16. The van der Waals surface area contributed by atoms with Crippen LogP contribution in [0.4, 0.5) is 0 Å². The van der Waals surface area contributed by atoms with Gasteiger partial charge in [-0.05, 0) is 62.8 Å². The number of halogens is 1. The summed E-state index contributed by atoms with van der Waals surface area (Å²) in [6.07, 6.45) is 5.89. The first-order valence-corrected chi connectivity index (χ1v) is 11.5. The van der Waals surface area contributed by atoms with Crippen molar-refractivity contribution in [1.29, 1.82) is 5.26 Å². The zero-order valence-corrected chi connectivity index (χ0v) is 19.8. The summed E-state index contributed by atoms with van der Waals surface area (Å²) in [6.45, 7) is 10.0. The van der Waals surface area contributed by atoms with Crippen molar-refractivity contribution in [2.75, 3.05) is 26.2 Å². The fourth-order valence-corrected chi connectivity index (χ4v) is 5.26. The van der Waals surface area contributed by atoms with Crippen molar-refractivity contribution >= 4 is 18.3 Å². The van der Waals surface area contributed by atoms with Gasteiger partial charge in [0.05, 0.1) is 18.2 Å². The summed E-state index contributed by atoms with van der Waals surface area (Å²) in [5.74, 6) is 2.93. The Hall–Kier alpha value is -1.77. The number of nitrogens with zero attached hydrogens (tertiary/aromatic N) is 2. The van der Waals surface area contributed by atoms with Crippen LogP contribution in [0.3, 0.4) is 0 Å². The minimum absolute atomic E-state index is 0. The Morgan fingerprint density at radius 2 is 1.97 bits per heavy atom. The first-order valence-electron chi connectivity index (χ1n) is 11.5. The molecule has 0 spiro atoms. The Kier molecular flexibility index (Phi) is 7.55. The number of benzene rings is 1. The van der Waals surface area contributed by atoms with Gasteiger partial charge in [-0.15, -0.1) is 12.4 Å². The second-order valence-corrected chi connectivity index (χ2v) is 10.5. The van der Waals surface area contributed by atoms with Crippen molar-refractivity contribution in [2.24, 2.45) is 17.3 Å². The molecule has 2 aliphatic heterocycles. The predicted molar refractivity (Wildman–Crippen MR) is 125 cm³/mol. The second-order valence-electron chi connectivity index (χ2n) is 10.5. The molecule has 0 aromatic heterocycles. The van der Waals surface area contributed by atoms with Crippen molar-refractivity contribution in [1.82, 2.24) is 10.2 Å². The first kappa shape index (κ1) is 23.9. The van der Waals surface area contributed by atoms with Gasteiger partial charge in [-0.3, -0.25) is 4.79 Å². The third-order valence-electron chi connectivity index (χ3n) is 7.22. The Balaban J connectivity index is 0.00000272. The van der Waals surface area contributed by atoms with Crippen molar-refractivity contribution in [3.05, 3.63) is 29.3 Å². The molecule has 0 bridgehead atoms. The summed E-state index contributed by atoms with van der Waals surface area (Å²) >= 11 is 0. The molecular weight excluding hydrogens is 410 g/mol. The molecule has 4 rings (SSSR count). The fourth-order valence-electron chi connectivity index (χ4n) is 5.26. The lowest BCUT2D eigenvalue weighted by molar-refractivity contribution is -0.129. The van der Waals surface area contributed by atoms with E-state index in [9.17, 15) is 10.1 Å². The number of carbonyl (C=O) groups is 1. The van der Waals surface area contributed by atoms with Crippen LogP contribution in [0.15, 0.2) is 18.2 Å². The Morgan fingerprint density at radius 3 is 2.65 bits per heavy atom. The molecule has 170 valence electrons. The molecule has 2 fully saturated rings. The van der Waals surface area contributed by atoms with Gasteiger partial charge in [0.2, 0.25) is 5.91 Å². The van der Waals surface area contributed by atoms with Crippen molar-refractivity contribution in [2.45, 2.75) is 64.8 Å². The van der Waals surface area contributed by atoms with E-state index >= 15 is 0 Å². The Bertz CT molecular complexity index is 821. The van der Waals surface area contributed by atoms with E-state index in [2.05, 4.69) is 16.3 Å². The topological polar surface area (TPSA) is 65.4 Å². The number of carbonyl (C=O) groups excluding carboxylic acids is 1. The van der Waals surface area contributed by atoms with Crippen molar-refractivity contribution < 1.29 is 9.53 Å². The van der Waals surface area contributed by atoms with E-state index in [1.165, 1.54) is 24.8 Å². The van der Waals surface area contributed by atoms with Gasteiger partial charge in [-0.2, -0.15) is 5.26 Å². The number of rotatable bonds is 4. The van der Waals surface area contributed by atoms with Crippen LogP contribution in [0.5, 0.6) is 5.75 Å². The number of likely N-dealkylation sites (tertiary alicyclic amines) is 1. The molecule has 1 saturated heterocycles. The van der Waals surface area contributed by atoms with Gasteiger partial charge in [0, 0.05) is 41.9 Å². The minimum atomic E-state index is -0.306. The number of fused-ring (bicyclic) bond motifs is 3. The standard InChI is InChI=1S/C25H35N3O2.ClH/c1-25(2,3)24(29)27-20-7-4-17(5-8-20)10-11-28-14-19-16-30-23-9-6-18(13-26)12-21(23)22(19)15-28;/h6,9,12,17,19-20,22H,4-5,7-8,10-11,14-16H2,1-3H3,(H,27,29);1H/t17?,19-,20?,22+;/m0./s1. The zero-order valence-electron chi connectivity index (χ0n) is 19.0. The summed E-state index contributed by atoms with van der Waals surface area (Å²) in [5.41, 5.74) is 1.65. The van der Waals surface area contributed by atoms with Gasteiger partial charge < -0.3 is 15.0 Å². The van der Waals surface area contributed by atoms with Gasteiger partial charge in [-0.25, -0.2) is 0 Å². The normalized spacial score (nSPS) is 27.8. The number of hydrogen-bond donors (Lipinski definition) is 1. The van der Waals surface area contributed by atoms with Gasteiger partial charge >= 0.3 is 0 Å². The summed E-state index contributed by atoms with van der Waals surface area (Å²) in [5, 5.41) is 12.5.